The molecule has 1 atom stereocenters. The number of hydrogen-bond donors (Lipinski definition) is 2. The van der Waals surface area contributed by atoms with Gasteiger partial charge in [-0.25, -0.2) is 0 Å². The normalized spacial score (nSPS) is 21.1. The lowest BCUT2D eigenvalue weighted by molar-refractivity contribution is -0.124. The Bertz CT molecular complexity index is 302. The van der Waals surface area contributed by atoms with Gasteiger partial charge in [-0.15, -0.1) is 0 Å². The van der Waals surface area contributed by atoms with Crippen LogP contribution in [0, 0.1) is 5.92 Å². The highest BCUT2D eigenvalue weighted by atomic mass is 16.1. The first-order valence-corrected chi connectivity index (χ1v) is 7.79. The van der Waals surface area contributed by atoms with Crippen molar-refractivity contribution >= 4 is 5.91 Å². The van der Waals surface area contributed by atoms with Gasteiger partial charge >= 0.3 is 0 Å². The van der Waals surface area contributed by atoms with Crippen LogP contribution in [-0.4, -0.2) is 68.1 Å². The lowest BCUT2D eigenvalue weighted by Gasteiger charge is -2.36. The lowest BCUT2D eigenvalue weighted by Crippen LogP contribution is -2.59. The first-order valence-electron chi connectivity index (χ1n) is 7.79. The molecule has 0 bridgehead atoms. The number of likely N-dealkylation sites (tertiary alicyclic amines) is 1. The predicted octanol–water partition coefficient (Wildman–Crippen LogP) is 0.504. The number of rotatable bonds is 8. The van der Waals surface area contributed by atoms with E-state index in [2.05, 4.69) is 36.1 Å². The van der Waals surface area contributed by atoms with Crippen molar-refractivity contribution in [1.82, 2.24) is 15.1 Å². The first kappa shape index (κ1) is 17.4. The average Bonchev–Trinajstić information content (AvgIpc) is 2.39. The Labute approximate surface area is 123 Å². The van der Waals surface area contributed by atoms with Gasteiger partial charge in [0.15, 0.2) is 0 Å². The highest BCUT2D eigenvalue weighted by Gasteiger charge is 2.32. The summed E-state index contributed by atoms with van der Waals surface area (Å²) < 4.78 is 0. The molecule has 1 unspecified atom stereocenters. The van der Waals surface area contributed by atoms with Crippen molar-refractivity contribution in [3.05, 3.63) is 0 Å². The largest absolute Gasteiger partial charge is 0.368 e. The van der Waals surface area contributed by atoms with Gasteiger partial charge in [0.1, 0.15) is 5.54 Å². The van der Waals surface area contributed by atoms with Crippen molar-refractivity contribution in [3.8, 4) is 0 Å². The monoisotopic (exact) mass is 284 g/mol. The molecule has 1 rings (SSSR count). The summed E-state index contributed by atoms with van der Waals surface area (Å²) in [5.74, 6) is 0.473. The van der Waals surface area contributed by atoms with Crippen LogP contribution >= 0.6 is 0 Å². The fourth-order valence-electron chi connectivity index (χ4n) is 2.91. The fourth-order valence-corrected chi connectivity index (χ4v) is 2.91. The van der Waals surface area contributed by atoms with E-state index in [4.69, 9.17) is 5.73 Å². The Balaban J connectivity index is 2.45. The molecule has 0 aliphatic carbocycles. The summed E-state index contributed by atoms with van der Waals surface area (Å²) in [6.07, 6.45) is 3.49. The fraction of sp³-hybridized carbons (Fsp3) is 0.933. The molecule has 0 spiro atoms. The third kappa shape index (κ3) is 5.38. The number of carbonyl (C=O) groups excluding carboxylic acids is 1. The number of piperidine rings is 1. The molecule has 0 saturated carbocycles. The van der Waals surface area contributed by atoms with Crippen LogP contribution in [0.2, 0.25) is 0 Å². The van der Waals surface area contributed by atoms with Crippen LogP contribution in [0.5, 0.6) is 0 Å². The van der Waals surface area contributed by atoms with Crippen LogP contribution < -0.4 is 11.1 Å². The molecule has 1 heterocycles. The molecule has 0 aromatic heterocycles. The molecule has 0 radical (unpaired) electrons. The minimum atomic E-state index is -0.629. The van der Waals surface area contributed by atoms with Gasteiger partial charge in [0, 0.05) is 13.1 Å². The van der Waals surface area contributed by atoms with Crippen LogP contribution in [0.1, 0.15) is 33.1 Å². The number of nitrogens with two attached hydrogens (primary N) is 1. The zero-order valence-electron chi connectivity index (χ0n) is 13.6. The van der Waals surface area contributed by atoms with Gasteiger partial charge in [-0.05, 0) is 65.8 Å². The van der Waals surface area contributed by atoms with Gasteiger partial charge in [-0.3, -0.25) is 4.79 Å². The van der Waals surface area contributed by atoms with Gasteiger partial charge in [0.25, 0.3) is 0 Å². The van der Waals surface area contributed by atoms with Gasteiger partial charge in [-0.2, -0.15) is 0 Å². The van der Waals surface area contributed by atoms with E-state index in [1.165, 1.54) is 25.9 Å². The first-order chi connectivity index (χ1) is 9.37. The van der Waals surface area contributed by atoms with E-state index in [-0.39, 0.29) is 5.91 Å². The Morgan fingerprint density at radius 1 is 1.45 bits per heavy atom. The van der Waals surface area contributed by atoms with Crippen molar-refractivity contribution in [2.75, 3.05) is 46.8 Å². The SMILES string of the molecule is CCCNC(C)(CN(C)CC1CCN(C)CC1)C(N)=O. The van der Waals surface area contributed by atoms with E-state index >= 15 is 0 Å². The number of likely N-dealkylation sites (N-methyl/N-ethyl adjacent to an activating group) is 1. The Morgan fingerprint density at radius 3 is 2.55 bits per heavy atom. The number of nitrogens with zero attached hydrogens (tertiary/aromatic N) is 2. The number of amides is 1. The van der Waals surface area contributed by atoms with Crippen molar-refractivity contribution in [1.29, 1.82) is 0 Å². The molecule has 1 amide bonds. The van der Waals surface area contributed by atoms with Crippen molar-refractivity contribution in [2.45, 2.75) is 38.6 Å². The Kier molecular flexibility index (Phi) is 6.92. The molecular formula is C15H32N4O. The molecule has 0 aromatic carbocycles. The second-order valence-electron chi connectivity index (χ2n) is 6.57. The summed E-state index contributed by atoms with van der Waals surface area (Å²) in [5.41, 5.74) is 4.95. The Morgan fingerprint density at radius 2 is 2.05 bits per heavy atom. The van der Waals surface area contributed by atoms with E-state index in [1.54, 1.807) is 0 Å². The van der Waals surface area contributed by atoms with Crippen LogP contribution in [0.4, 0.5) is 0 Å². The van der Waals surface area contributed by atoms with E-state index in [0.29, 0.717) is 6.54 Å². The topological polar surface area (TPSA) is 61.6 Å². The molecule has 5 nitrogen and oxygen atoms in total. The maximum atomic E-state index is 11.7. The lowest BCUT2D eigenvalue weighted by atomic mass is 9.95. The quantitative estimate of drug-likeness (QED) is 0.681. The molecule has 118 valence electrons. The molecule has 1 saturated heterocycles. The van der Waals surface area contributed by atoms with Crippen molar-refractivity contribution in [3.63, 3.8) is 0 Å². The van der Waals surface area contributed by atoms with Gasteiger partial charge in [0.2, 0.25) is 5.91 Å². The molecule has 1 fully saturated rings. The van der Waals surface area contributed by atoms with Crippen LogP contribution in [0.15, 0.2) is 0 Å². The van der Waals surface area contributed by atoms with E-state index in [9.17, 15) is 4.79 Å². The zero-order valence-corrected chi connectivity index (χ0v) is 13.6. The van der Waals surface area contributed by atoms with E-state index in [1.807, 2.05) is 6.92 Å². The second-order valence-corrected chi connectivity index (χ2v) is 6.57. The standard InChI is InChI=1S/C15H32N4O/c1-5-8-17-15(2,14(16)20)12-19(4)11-13-6-9-18(3)10-7-13/h13,17H,5-12H2,1-4H3,(H2,16,20). The summed E-state index contributed by atoms with van der Waals surface area (Å²) in [5, 5.41) is 3.30. The number of nitrogens with one attached hydrogen (secondary N) is 1. The molecule has 5 heteroatoms. The van der Waals surface area contributed by atoms with Gasteiger partial charge in [0.05, 0.1) is 0 Å². The van der Waals surface area contributed by atoms with Crippen molar-refractivity contribution in [2.24, 2.45) is 11.7 Å². The van der Waals surface area contributed by atoms with Crippen LogP contribution in [0.3, 0.4) is 0 Å². The molecule has 0 aromatic rings. The predicted molar refractivity (Wildman–Crippen MR) is 83.6 cm³/mol. The minimum absolute atomic E-state index is 0.263. The van der Waals surface area contributed by atoms with Crippen molar-refractivity contribution < 1.29 is 4.79 Å². The smallest absolute Gasteiger partial charge is 0.238 e. The molecule has 1 aliphatic heterocycles. The number of carbonyl (C=O) groups is 1. The molecule has 1 aliphatic rings. The minimum Gasteiger partial charge on any atom is -0.368 e. The number of primary amides is 1. The third-order valence-corrected chi connectivity index (χ3v) is 4.30. The molecular weight excluding hydrogens is 252 g/mol. The van der Waals surface area contributed by atoms with E-state index < -0.39 is 5.54 Å². The maximum absolute atomic E-state index is 11.7. The second kappa shape index (κ2) is 7.96. The average molecular weight is 284 g/mol. The van der Waals surface area contributed by atoms with Crippen LogP contribution in [0.25, 0.3) is 0 Å². The summed E-state index contributed by atoms with van der Waals surface area (Å²) in [6.45, 7) is 8.91. The highest BCUT2D eigenvalue weighted by Crippen LogP contribution is 2.17. The Hall–Kier alpha value is -0.650. The van der Waals surface area contributed by atoms with E-state index in [0.717, 1.165) is 25.4 Å². The maximum Gasteiger partial charge on any atom is 0.238 e. The summed E-state index contributed by atoms with van der Waals surface area (Å²) in [6, 6.07) is 0. The summed E-state index contributed by atoms with van der Waals surface area (Å²) >= 11 is 0. The van der Waals surface area contributed by atoms with Gasteiger partial charge in [-0.1, -0.05) is 6.92 Å². The third-order valence-electron chi connectivity index (χ3n) is 4.30. The summed E-state index contributed by atoms with van der Waals surface area (Å²) in [7, 11) is 4.27. The van der Waals surface area contributed by atoms with Crippen LogP contribution in [-0.2, 0) is 4.79 Å². The highest BCUT2D eigenvalue weighted by molar-refractivity contribution is 5.84. The summed E-state index contributed by atoms with van der Waals surface area (Å²) in [4.78, 5) is 16.4. The zero-order chi connectivity index (χ0) is 15.2. The van der Waals surface area contributed by atoms with Gasteiger partial charge < -0.3 is 20.9 Å². The number of hydrogen-bond acceptors (Lipinski definition) is 4. The molecule has 3 N–H and O–H groups in total. The molecule has 20 heavy (non-hydrogen) atoms.